The van der Waals surface area contributed by atoms with Crippen LogP contribution in [-0.2, 0) is 4.79 Å². The SMILES string of the molecule is Cc1cc(NC(=O)CC(C)C)ccc1Br. The Bertz CT molecular complexity index is 361. The maximum atomic E-state index is 11.5. The molecular formula is C12H16BrNO. The van der Waals surface area contributed by atoms with Crippen LogP contribution in [0.3, 0.4) is 0 Å². The summed E-state index contributed by atoms with van der Waals surface area (Å²) in [7, 11) is 0. The fourth-order valence-corrected chi connectivity index (χ4v) is 1.55. The summed E-state index contributed by atoms with van der Waals surface area (Å²) < 4.78 is 1.06. The minimum absolute atomic E-state index is 0.0757. The average Bonchev–Trinajstić information content (AvgIpc) is 2.10. The molecule has 0 aliphatic carbocycles. The van der Waals surface area contributed by atoms with E-state index in [9.17, 15) is 4.79 Å². The molecule has 15 heavy (non-hydrogen) atoms. The zero-order valence-corrected chi connectivity index (χ0v) is 10.9. The summed E-state index contributed by atoms with van der Waals surface area (Å²) in [4.78, 5) is 11.5. The molecule has 0 heterocycles. The van der Waals surface area contributed by atoms with E-state index >= 15 is 0 Å². The molecule has 0 aliphatic heterocycles. The minimum atomic E-state index is 0.0757. The van der Waals surface area contributed by atoms with Crippen molar-refractivity contribution in [3.63, 3.8) is 0 Å². The second-order valence-electron chi connectivity index (χ2n) is 4.11. The summed E-state index contributed by atoms with van der Waals surface area (Å²) in [5.41, 5.74) is 1.98. The first kappa shape index (κ1) is 12.2. The Morgan fingerprint density at radius 3 is 2.67 bits per heavy atom. The van der Waals surface area contributed by atoms with Gasteiger partial charge < -0.3 is 5.32 Å². The van der Waals surface area contributed by atoms with Crippen molar-refractivity contribution in [2.24, 2.45) is 5.92 Å². The fourth-order valence-electron chi connectivity index (χ4n) is 1.31. The van der Waals surface area contributed by atoms with E-state index in [4.69, 9.17) is 0 Å². The summed E-state index contributed by atoms with van der Waals surface area (Å²) in [6, 6.07) is 5.80. The zero-order chi connectivity index (χ0) is 11.4. The lowest BCUT2D eigenvalue weighted by atomic mass is 10.1. The first-order valence-corrected chi connectivity index (χ1v) is 5.84. The predicted octanol–water partition coefficient (Wildman–Crippen LogP) is 3.74. The van der Waals surface area contributed by atoms with E-state index in [0.717, 1.165) is 15.7 Å². The van der Waals surface area contributed by atoms with E-state index < -0.39 is 0 Å². The molecule has 0 atom stereocenters. The molecule has 1 aromatic rings. The standard InChI is InChI=1S/C12H16BrNO/c1-8(2)6-12(15)14-10-4-5-11(13)9(3)7-10/h4-5,7-8H,6H2,1-3H3,(H,14,15). The van der Waals surface area contributed by atoms with Gasteiger partial charge in [-0.25, -0.2) is 0 Å². The second-order valence-corrected chi connectivity index (χ2v) is 4.96. The number of carbonyl (C=O) groups excluding carboxylic acids is 1. The fraction of sp³-hybridized carbons (Fsp3) is 0.417. The third-order valence-electron chi connectivity index (χ3n) is 2.04. The van der Waals surface area contributed by atoms with Crippen LogP contribution in [0.25, 0.3) is 0 Å². The molecule has 0 fully saturated rings. The third-order valence-corrected chi connectivity index (χ3v) is 2.93. The first-order chi connectivity index (χ1) is 6.99. The number of aryl methyl sites for hydroxylation is 1. The lowest BCUT2D eigenvalue weighted by Gasteiger charge is -2.08. The van der Waals surface area contributed by atoms with Crippen molar-refractivity contribution in [2.45, 2.75) is 27.2 Å². The summed E-state index contributed by atoms with van der Waals surface area (Å²) in [5, 5.41) is 2.88. The molecule has 1 amide bonds. The Hall–Kier alpha value is -0.830. The summed E-state index contributed by atoms with van der Waals surface area (Å²) in [6.07, 6.45) is 0.565. The van der Waals surface area contributed by atoms with E-state index in [-0.39, 0.29) is 5.91 Å². The van der Waals surface area contributed by atoms with Gasteiger partial charge in [-0.1, -0.05) is 29.8 Å². The molecule has 0 spiro atoms. The third kappa shape index (κ3) is 4.04. The van der Waals surface area contributed by atoms with Gasteiger partial charge in [0, 0.05) is 16.6 Å². The number of nitrogens with one attached hydrogen (secondary N) is 1. The van der Waals surface area contributed by atoms with Crippen LogP contribution in [-0.4, -0.2) is 5.91 Å². The highest BCUT2D eigenvalue weighted by Gasteiger charge is 2.05. The zero-order valence-electron chi connectivity index (χ0n) is 9.30. The largest absolute Gasteiger partial charge is 0.326 e. The molecule has 0 saturated heterocycles. The van der Waals surface area contributed by atoms with Crippen LogP contribution in [0.1, 0.15) is 25.8 Å². The van der Waals surface area contributed by atoms with Gasteiger partial charge in [-0.3, -0.25) is 4.79 Å². The van der Waals surface area contributed by atoms with Gasteiger partial charge in [0.25, 0.3) is 0 Å². The number of rotatable bonds is 3. The van der Waals surface area contributed by atoms with Gasteiger partial charge in [-0.15, -0.1) is 0 Å². The number of hydrogen-bond acceptors (Lipinski definition) is 1. The summed E-state index contributed by atoms with van der Waals surface area (Å²) in [6.45, 7) is 6.07. The van der Waals surface area contributed by atoms with Crippen LogP contribution >= 0.6 is 15.9 Å². The predicted molar refractivity (Wildman–Crippen MR) is 67.0 cm³/mol. The molecule has 0 aromatic heterocycles. The highest BCUT2D eigenvalue weighted by atomic mass is 79.9. The van der Waals surface area contributed by atoms with E-state index in [1.165, 1.54) is 0 Å². The van der Waals surface area contributed by atoms with E-state index in [0.29, 0.717) is 12.3 Å². The van der Waals surface area contributed by atoms with Crippen molar-refractivity contribution in [1.29, 1.82) is 0 Å². The van der Waals surface area contributed by atoms with Crippen LogP contribution < -0.4 is 5.32 Å². The topological polar surface area (TPSA) is 29.1 Å². The average molecular weight is 270 g/mol. The molecule has 0 bridgehead atoms. The van der Waals surface area contributed by atoms with E-state index in [2.05, 4.69) is 21.2 Å². The van der Waals surface area contributed by atoms with Crippen molar-refractivity contribution < 1.29 is 4.79 Å². The molecule has 82 valence electrons. The monoisotopic (exact) mass is 269 g/mol. The quantitative estimate of drug-likeness (QED) is 0.890. The highest BCUT2D eigenvalue weighted by Crippen LogP contribution is 2.20. The van der Waals surface area contributed by atoms with E-state index in [1.54, 1.807) is 0 Å². The number of halogens is 1. The molecule has 3 heteroatoms. The van der Waals surface area contributed by atoms with Gasteiger partial charge in [0.1, 0.15) is 0 Å². The molecule has 2 nitrogen and oxygen atoms in total. The van der Waals surface area contributed by atoms with Crippen molar-refractivity contribution in [3.05, 3.63) is 28.2 Å². The minimum Gasteiger partial charge on any atom is -0.326 e. The molecule has 1 N–H and O–H groups in total. The Balaban J connectivity index is 2.65. The van der Waals surface area contributed by atoms with Crippen molar-refractivity contribution in [1.82, 2.24) is 0 Å². The molecular weight excluding hydrogens is 254 g/mol. The molecule has 0 saturated carbocycles. The summed E-state index contributed by atoms with van der Waals surface area (Å²) >= 11 is 3.42. The van der Waals surface area contributed by atoms with Gasteiger partial charge in [0.05, 0.1) is 0 Å². The number of hydrogen-bond donors (Lipinski definition) is 1. The van der Waals surface area contributed by atoms with E-state index in [1.807, 2.05) is 39.0 Å². The Morgan fingerprint density at radius 1 is 1.47 bits per heavy atom. The lowest BCUT2D eigenvalue weighted by molar-refractivity contribution is -0.116. The van der Waals surface area contributed by atoms with Crippen LogP contribution in [0.4, 0.5) is 5.69 Å². The maximum absolute atomic E-state index is 11.5. The molecule has 0 unspecified atom stereocenters. The van der Waals surface area contributed by atoms with Gasteiger partial charge in [-0.2, -0.15) is 0 Å². The number of carbonyl (C=O) groups is 1. The Labute approximate surface area is 99.2 Å². The van der Waals surface area contributed by atoms with Crippen LogP contribution in [0.5, 0.6) is 0 Å². The van der Waals surface area contributed by atoms with Gasteiger partial charge in [0.2, 0.25) is 5.91 Å². The number of amides is 1. The second kappa shape index (κ2) is 5.31. The number of anilines is 1. The van der Waals surface area contributed by atoms with Gasteiger partial charge in [-0.05, 0) is 36.6 Å². The lowest BCUT2D eigenvalue weighted by Crippen LogP contribution is -2.13. The molecule has 0 radical (unpaired) electrons. The Kier molecular flexibility index (Phi) is 4.33. The first-order valence-electron chi connectivity index (χ1n) is 5.05. The van der Waals surface area contributed by atoms with Crippen LogP contribution in [0, 0.1) is 12.8 Å². The van der Waals surface area contributed by atoms with Crippen molar-refractivity contribution in [2.75, 3.05) is 5.32 Å². The maximum Gasteiger partial charge on any atom is 0.224 e. The van der Waals surface area contributed by atoms with Gasteiger partial charge >= 0.3 is 0 Å². The van der Waals surface area contributed by atoms with Gasteiger partial charge in [0.15, 0.2) is 0 Å². The summed E-state index contributed by atoms with van der Waals surface area (Å²) in [5.74, 6) is 0.466. The molecule has 0 aliphatic rings. The highest BCUT2D eigenvalue weighted by molar-refractivity contribution is 9.10. The van der Waals surface area contributed by atoms with Crippen molar-refractivity contribution >= 4 is 27.5 Å². The number of benzene rings is 1. The van der Waals surface area contributed by atoms with Crippen molar-refractivity contribution in [3.8, 4) is 0 Å². The molecule has 1 aromatic carbocycles. The van der Waals surface area contributed by atoms with Crippen LogP contribution in [0.2, 0.25) is 0 Å². The van der Waals surface area contributed by atoms with Crippen LogP contribution in [0.15, 0.2) is 22.7 Å². The Morgan fingerprint density at radius 2 is 2.13 bits per heavy atom. The normalized spacial score (nSPS) is 10.5. The molecule has 1 rings (SSSR count). The smallest absolute Gasteiger partial charge is 0.224 e.